The van der Waals surface area contributed by atoms with Crippen LogP contribution in [-0.2, 0) is 6.54 Å². The highest BCUT2D eigenvalue weighted by Crippen LogP contribution is 2.11. The molecule has 1 aliphatic heterocycles. The quantitative estimate of drug-likeness (QED) is 0.715. The molecule has 0 aliphatic carbocycles. The highest BCUT2D eigenvalue weighted by Gasteiger charge is 2.14. The van der Waals surface area contributed by atoms with Gasteiger partial charge in [-0.1, -0.05) is 0 Å². The average Bonchev–Trinajstić information content (AvgIpc) is 2.34. The maximum atomic E-state index is 11.6. The van der Waals surface area contributed by atoms with Gasteiger partial charge in [-0.15, -0.1) is 0 Å². The molecule has 2 heterocycles. The molecule has 1 saturated heterocycles. The van der Waals surface area contributed by atoms with Gasteiger partial charge in [-0.05, 0) is 31.8 Å². The van der Waals surface area contributed by atoms with Crippen molar-refractivity contribution >= 4 is 0 Å². The van der Waals surface area contributed by atoms with Crippen molar-refractivity contribution in [2.45, 2.75) is 19.4 Å². The van der Waals surface area contributed by atoms with Crippen LogP contribution in [0.2, 0.25) is 0 Å². The summed E-state index contributed by atoms with van der Waals surface area (Å²) in [5.74, 6) is 0.374. The van der Waals surface area contributed by atoms with Gasteiger partial charge in [0.15, 0.2) is 0 Å². The molecule has 1 atom stereocenters. The largest absolute Gasteiger partial charge is 0.328 e. The van der Waals surface area contributed by atoms with E-state index in [1.165, 1.54) is 10.8 Å². The fourth-order valence-corrected chi connectivity index (χ4v) is 2.08. The van der Waals surface area contributed by atoms with E-state index in [-0.39, 0.29) is 5.56 Å². The molecule has 0 amide bonds. The Bertz CT molecular complexity index is 546. The fourth-order valence-electron chi connectivity index (χ4n) is 2.08. The van der Waals surface area contributed by atoms with Gasteiger partial charge in [-0.3, -0.25) is 14.3 Å². The topological polar surface area (TPSA) is 90.7 Å². The van der Waals surface area contributed by atoms with Gasteiger partial charge in [-0.25, -0.2) is 4.79 Å². The normalized spacial score (nSPS) is 19.8. The first-order valence-electron chi connectivity index (χ1n) is 5.65. The van der Waals surface area contributed by atoms with Crippen LogP contribution in [0.3, 0.4) is 0 Å². The lowest BCUT2D eigenvalue weighted by Gasteiger charge is -2.23. The summed E-state index contributed by atoms with van der Waals surface area (Å²) in [7, 11) is 0. The standard InChI is InChI=1S/C11H14N4O2/c12-4-9-7-15(11(17)14-10(9)16)6-8-2-1-3-13-5-8/h7-8,13H,1-3,5-6H2,(H,14,16,17). The second-order valence-electron chi connectivity index (χ2n) is 4.28. The zero-order valence-electron chi connectivity index (χ0n) is 9.40. The van der Waals surface area contributed by atoms with E-state index in [0.717, 1.165) is 25.9 Å². The molecule has 0 bridgehead atoms. The number of nitriles is 1. The van der Waals surface area contributed by atoms with Crippen LogP contribution in [0.25, 0.3) is 0 Å². The van der Waals surface area contributed by atoms with Crippen LogP contribution in [0.5, 0.6) is 0 Å². The van der Waals surface area contributed by atoms with Crippen molar-refractivity contribution in [3.63, 3.8) is 0 Å². The van der Waals surface area contributed by atoms with Crippen molar-refractivity contribution in [2.75, 3.05) is 13.1 Å². The molecule has 1 aromatic rings. The van der Waals surface area contributed by atoms with E-state index in [1.807, 2.05) is 0 Å². The summed E-state index contributed by atoms with van der Waals surface area (Å²) in [6.45, 7) is 2.42. The summed E-state index contributed by atoms with van der Waals surface area (Å²) in [5, 5.41) is 12.0. The predicted molar refractivity (Wildman–Crippen MR) is 61.6 cm³/mol. The Kier molecular flexibility index (Phi) is 3.40. The minimum atomic E-state index is -0.615. The van der Waals surface area contributed by atoms with Gasteiger partial charge in [0.05, 0.1) is 0 Å². The van der Waals surface area contributed by atoms with Crippen LogP contribution in [0.4, 0.5) is 0 Å². The molecule has 2 N–H and O–H groups in total. The maximum absolute atomic E-state index is 11.6. The number of piperidine rings is 1. The van der Waals surface area contributed by atoms with E-state index < -0.39 is 11.2 Å². The molecular formula is C11H14N4O2. The Hall–Kier alpha value is -1.87. The molecular weight excluding hydrogens is 220 g/mol. The van der Waals surface area contributed by atoms with E-state index in [4.69, 9.17) is 5.26 Å². The first kappa shape index (κ1) is 11.6. The monoisotopic (exact) mass is 234 g/mol. The molecule has 0 radical (unpaired) electrons. The Morgan fingerprint density at radius 3 is 3.00 bits per heavy atom. The molecule has 0 aromatic carbocycles. The minimum absolute atomic E-state index is 0.0200. The second-order valence-corrected chi connectivity index (χ2v) is 4.28. The van der Waals surface area contributed by atoms with Gasteiger partial charge in [-0.2, -0.15) is 5.26 Å². The molecule has 1 aromatic heterocycles. The van der Waals surface area contributed by atoms with Crippen LogP contribution in [0.15, 0.2) is 15.8 Å². The Morgan fingerprint density at radius 1 is 1.53 bits per heavy atom. The van der Waals surface area contributed by atoms with E-state index in [9.17, 15) is 9.59 Å². The molecule has 1 aliphatic rings. The molecule has 6 heteroatoms. The lowest BCUT2D eigenvalue weighted by atomic mass is 10.00. The van der Waals surface area contributed by atoms with Gasteiger partial charge < -0.3 is 5.32 Å². The molecule has 2 rings (SSSR count). The molecule has 0 spiro atoms. The maximum Gasteiger partial charge on any atom is 0.328 e. The Morgan fingerprint density at radius 2 is 2.35 bits per heavy atom. The third-order valence-corrected chi connectivity index (χ3v) is 2.99. The van der Waals surface area contributed by atoms with E-state index in [2.05, 4.69) is 10.3 Å². The van der Waals surface area contributed by atoms with Crippen LogP contribution < -0.4 is 16.6 Å². The summed E-state index contributed by atoms with van der Waals surface area (Å²) in [5.41, 5.74) is -1.08. The lowest BCUT2D eigenvalue weighted by Crippen LogP contribution is -2.37. The predicted octanol–water partition coefficient (Wildman–Crippen LogP) is -0.592. The summed E-state index contributed by atoms with van der Waals surface area (Å²) in [6.07, 6.45) is 3.49. The highest BCUT2D eigenvalue weighted by atomic mass is 16.2. The number of rotatable bonds is 2. The van der Waals surface area contributed by atoms with Gasteiger partial charge in [0.25, 0.3) is 5.56 Å². The number of aromatic nitrogens is 2. The van der Waals surface area contributed by atoms with Gasteiger partial charge >= 0.3 is 5.69 Å². The van der Waals surface area contributed by atoms with Gasteiger partial charge in [0.1, 0.15) is 11.6 Å². The van der Waals surface area contributed by atoms with E-state index >= 15 is 0 Å². The Balaban J connectivity index is 2.23. The van der Waals surface area contributed by atoms with Crippen LogP contribution in [0, 0.1) is 17.2 Å². The van der Waals surface area contributed by atoms with Crippen LogP contribution >= 0.6 is 0 Å². The van der Waals surface area contributed by atoms with Crippen LogP contribution in [-0.4, -0.2) is 22.6 Å². The average molecular weight is 234 g/mol. The van der Waals surface area contributed by atoms with E-state index in [0.29, 0.717) is 12.5 Å². The number of hydrogen-bond donors (Lipinski definition) is 2. The first-order valence-corrected chi connectivity index (χ1v) is 5.65. The molecule has 90 valence electrons. The number of aromatic amines is 1. The van der Waals surface area contributed by atoms with E-state index in [1.54, 1.807) is 6.07 Å². The lowest BCUT2D eigenvalue weighted by molar-refractivity contribution is 0.331. The third kappa shape index (κ3) is 2.63. The first-order chi connectivity index (χ1) is 8.20. The van der Waals surface area contributed by atoms with Crippen molar-refractivity contribution in [2.24, 2.45) is 5.92 Å². The highest BCUT2D eigenvalue weighted by molar-refractivity contribution is 5.21. The fraction of sp³-hybridized carbons (Fsp3) is 0.545. The zero-order chi connectivity index (χ0) is 12.3. The molecule has 0 saturated carbocycles. The molecule has 6 nitrogen and oxygen atoms in total. The summed E-state index contributed by atoms with van der Waals surface area (Å²) in [6, 6.07) is 1.78. The zero-order valence-corrected chi connectivity index (χ0v) is 9.40. The third-order valence-electron chi connectivity index (χ3n) is 2.99. The van der Waals surface area contributed by atoms with Crippen molar-refractivity contribution in [1.29, 1.82) is 5.26 Å². The van der Waals surface area contributed by atoms with Crippen LogP contribution in [0.1, 0.15) is 18.4 Å². The summed E-state index contributed by atoms with van der Waals surface area (Å²) < 4.78 is 1.41. The van der Waals surface area contributed by atoms with Crippen molar-refractivity contribution in [3.05, 3.63) is 32.6 Å². The second kappa shape index (κ2) is 4.97. The molecule has 1 unspecified atom stereocenters. The number of hydrogen-bond acceptors (Lipinski definition) is 4. The molecule has 1 fully saturated rings. The number of nitrogens with one attached hydrogen (secondary N) is 2. The Labute approximate surface area is 97.9 Å². The SMILES string of the molecule is N#Cc1cn(CC2CCCNC2)c(=O)[nH]c1=O. The number of H-pyrrole nitrogens is 1. The summed E-state index contributed by atoms with van der Waals surface area (Å²) in [4.78, 5) is 24.9. The number of nitrogens with zero attached hydrogens (tertiary/aromatic N) is 2. The van der Waals surface area contributed by atoms with Crippen molar-refractivity contribution < 1.29 is 0 Å². The van der Waals surface area contributed by atoms with Crippen molar-refractivity contribution in [3.8, 4) is 6.07 Å². The van der Waals surface area contributed by atoms with Gasteiger partial charge in [0.2, 0.25) is 0 Å². The van der Waals surface area contributed by atoms with Crippen molar-refractivity contribution in [1.82, 2.24) is 14.9 Å². The smallest absolute Gasteiger partial charge is 0.316 e. The molecule has 17 heavy (non-hydrogen) atoms. The summed E-state index contributed by atoms with van der Waals surface area (Å²) >= 11 is 0. The minimum Gasteiger partial charge on any atom is -0.316 e. The van der Waals surface area contributed by atoms with Gasteiger partial charge in [0, 0.05) is 12.7 Å².